The Morgan fingerprint density at radius 1 is 1.38 bits per heavy atom. The Balaban J connectivity index is 1.82. The van der Waals surface area contributed by atoms with Crippen molar-refractivity contribution in [3.05, 3.63) is 47.8 Å². The van der Waals surface area contributed by atoms with Crippen LogP contribution in [0.5, 0.6) is 0 Å². The first-order valence-corrected chi connectivity index (χ1v) is 8.20. The first-order valence-electron chi connectivity index (χ1n) is 8.20. The van der Waals surface area contributed by atoms with Crippen molar-refractivity contribution in [1.29, 1.82) is 0 Å². The molecular formula is C18H23N3O3. The quantitative estimate of drug-likeness (QED) is 0.865. The highest BCUT2D eigenvalue weighted by atomic mass is 16.5. The number of benzene rings is 1. The lowest BCUT2D eigenvalue weighted by Crippen LogP contribution is -2.52. The van der Waals surface area contributed by atoms with Gasteiger partial charge >= 0.3 is 5.97 Å². The van der Waals surface area contributed by atoms with Crippen LogP contribution in [0.4, 0.5) is 0 Å². The Morgan fingerprint density at radius 2 is 2.12 bits per heavy atom. The van der Waals surface area contributed by atoms with Crippen molar-refractivity contribution >= 4 is 5.97 Å². The number of carbonyl (C=O) groups is 1. The van der Waals surface area contributed by atoms with E-state index < -0.39 is 12.1 Å². The molecule has 1 aromatic heterocycles. The van der Waals surface area contributed by atoms with Crippen LogP contribution in [0.3, 0.4) is 0 Å². The highest BCUT2D eigenvalue weighted by molar-refractivity contribution is 5.76. The fraction of sp³-hybridized carbons (Fsp3) is 0.444. The van der Waals surface area contributed by atoms with Crippen LogP contribution in [-0.4, -0.2) is 51.6 Å². The molecule has 0 spiro atoms. The van der Waals surface area contributed by atoms with E-state index in [9.17, 15) is 9.90 Å². The second-order valence-corrected chi connectivity index (χ2v) is 6.17. The molecule has 6 heteroatoms. The number of aryl methyl sites for hydroxylation is 1. The number of aliphatic hydroxyl groups is 1. The van der Waals surface area contributed by atoms with E-state index in [1.165, 1.54) is 7.11 Å². The third-order valence-electron chi connectivity index (χ3n) is 4.54. The average Bonchev–Trinajstić information content (AvgIpc) is 2.96. The van der Waals surface area contributed by atoms with Crippen LogP contribution in [0.2, 0.25) is 0 Å². The summed E-state index contributed by atoms with van der Waals surface area (Å²) < 4.78 is 6.72. The Bertz CT molecular complexity index is 699. The average molecular weight is 329 g/mol. The van der Waals surface area contributed by atoms with Crippen molar-refractivity contribution < 1.29 is 14.6 Å². The summed E-state index contributed by atoms with van der Waals surface area (Å²) in [6, 6.07) is 9.30. The third-order valence-corrected chi connectivity index (χ3v) is 4.54. The van der Waals surface area contributed by atoms with Crippen LogP contribution in [0.1, 0.15) is 24.1 Å². The number of piperidine rings is 1. The molecule has 2 atom stereocenters. The molecule has 128 valence electrons. The topological polar surface area (TPSA) is 67.6 Å². The highest BCUT2D eigenvalue weighted by Crippen LogP contribution is 2.23. The van der Waals surface area contributed by atoms with Gasteiger partial charge < -0.3 is 9.84 Å². The summed E-state index contributed by atoms with van der Waals surface area (Å²) in [6.07, 6.45) is 2.79. The number of hydrogen-bond donors (Lipinski definition) is 1. The van der Waals surface area contributed by atoms with Gasteiger partial charge in [-0.25, -0.2) is 4.68 Å². The molecule has 0 unspecified atom stereocenters. The van der Waals surface area contributed by atoms with Gasteiger partial charge in [-0.1, -0.05) is 18.2 Å². The molecule has 2 aromatic rings. The summed E-state index contributed by atoms with van der Waals surface area (Å²) in [5.41, 5.74) is 2.96. The van der Waals surface area contributed by atoms with Gasteiger partial charge in [0, 0.05) is 18.3 Å². The van der Waals surface area contributed by atoms with Crippen molar-refractivity contribution in [3.63, 3.8) is 0 Å². The van der Waals surface area contributed by atoms with Crippen LogP contribution >= 0.6 is 0 Å². The first-order chi connectivity index (χ1) is 11.6. The van der Waals surface area contributed by atoms with Gasteiger partial charge in [-0.2, -0.15) is 5.10 Å². The number of rotatable bonds is 4. The summed E-state index contributed by atoms with van der Waals surface area (Å²) >= 11 is 0. The van der Waals surface area contributed by atoms with Crippen LogP contribution in [0.25, 0.3) is 5.69 Å². The molecule has 6 nitrogen and oxygen atoms in total. The maximum absolute atomic E-state index is 12.0. The van der Waals surface area contributed by atoms with Gasteiger partial charge in [0.15, 0.2) is 0 Å². The Labute approximate surface area is 141 Å². The summed E-state index contributed by atoms with van der Waals surface area (Å²) in [5, 5.41) is 14.8. The monoisotopic (exact) mass is 329 g/mol. The summed E-state index contributed by atoms with van der Waals surface area (Å²) in [5.74, 6) is -0.379. The fourth-order valence-electron chi connectivity index (χ4n) is 3.23. The number of likely N-dealkylation sites (tertiary alicyclic amines) is 1. The van der Waals surface area contributed by atoms with Crippen LogP contribution in [0, 0.1) is 6.92 Å². The molecule has 1 aliphatic heterocycles. The molecule has 24 heavy (non-hydrogen) atoms. The number of aromatic nitrogens is 2. The standard InChI is InChI=1S/C18H23N3O3/c1-13-14(12-21(19-13)15-7-4-3-5-8-15)11-20-10-6-9-16(22)17(20)18(23)24-2/h3-5,7-8,12,16-17,22H,6,9-11H2,1-2H3/t16-,17+/m0/s1. The number of nitrogens with zero attached hydrogens (tertiary/aromatic N) is 3. The number of aliphatic hydroxyl groups excluding tert-OH is 1. The molecule has 3 rings (SSSR count). The molecule has 2 heterocycles. The predicted molar refractivity (Wildman–Crippen MR) is 89.8 cm³/mol. The van der Waals surface area contributed by atoms with Crippen molar-refractivity contribution in [2.75, 3.05) is 13.7 Å². The fourth-order valence-corrected chi connectivity index (χ4v) is 3.23. The Kier molecular flexibility index (Phi) is 4.97. The third kappa shape index (κ3) is 3.34. The summed E-state index contributed by atoms with van der Waals surface area (Å²) in [4.78, 5) is 14.0. The van der Waals surface area contributed by atoms with Gasteiger partial charge in [-0.3, -0.25) is 9.69 Å². The first kappa shape index (κ1) is 16.7. The van der Waals surface area contributed by atoms with E-state index in [0.717, 1.165) is 29.9 Å². The lowest BCUT2D eigenvalue weighted by molar-refractivity contribution is -0.154. The molecule has 1 fully saturated rings. The lowest BCUT2D eigenvalue weighted by Gasteiger charge is -2.36. The molecule has 1 saturated heterocycles. The smallest absolute Gasteiger partial charge is 0.325 e. The van der Waals surface area contributed by atoms with E-state index in [1.807, 2.05) is 53.0 Å². The SMILES string of the molecule is COC(=O)[C@H]1[C@@H](O)CCCN1Cc1cn(-c2ccccc2)nc1C. The van der Waals surface area contributed by atoms with Gasteiger partial charge in [0.2, 0.25) is 0 Å². The molecular weight excluding hydrogens is 306 g/mol. The highest BCUT2D eigenvalue weighted by Gasteiger charge is 2.36. The van der Waals surface area contributed by atoms with E-state index >= 15 is 0 Å². The molecule has 0 amide bonds. The van der Waals surface area contributed by atoms with Gasteiger partial charge in [-0.05, 0) is 38.4 Å². The zero-order valence-electron chi connectivity index (χ0n) is 14.1. The molecule has 0 saturated carbocycles. The summed E-state index contributed by atoms with van der Waals surface area (Å²) in [6.45, 7) is 3.28. The van der Waals surface area contributed by atoms with E-state index in [0.29, 0.717) is 13.0 Å². The number of para-hydroxylation sites is 1. The minimum atomic E-state index is -0.685. The maximum atomic E-state index is 12.0. The number of carbonyl (C=O) groups excluding carboxylic acids is 1. The van der Waals surface area contributed by atoms with Gasteiger partial charge in [0.1, 0.15) is 6.04 Å². The molecule has 0 bridgehead atoms. The lowest BCUT2D eigenvalue weighted by atomic mass is 9.98. The van der Waals surface area contributed by atoms with E-state index in [-0.39, 0.29) is 5.97 Å². The molecule has 1 N–H and O–H groups in total. The normalized spacial score (nSPS) is 21.6. The predicted octanol–water partition coefficient (Wildman–Crippen LogP) is 1.68. The number of methoxy groups -OCH3 is 1. The molecule has 1 aliphatic rings. The molecule has 0 aliphatic carbocycles. The van der Waals surface area contributed by atoms with Gasteiger partial charge in [0.05, 0.1) is 24.6 Å². The van der Waals surface area contributed by atoms with Gasteiger partial charge in [-0.15, -0.1) is 0 Å². The van der Waals surface area contributed by atoms with Gasteiger partial charge in [0.25, 0.3) is 0 Å². The van der Waals surface area contributed by atoms with E-state index in [2.05, 4.69) is 5.10 Å². The summed E-state index contributed by atoms with van der Waals surface area (Å²) in [7, 11) is 1.36. The van der Waals surface area contributed by atoms with Crippen LogP contribution in [0.15, 0.2) is 36.5 Å². The largest absolute Gasteiger partial charge is 0.468 e. The van der Waals surface area contributed by atoms with Crippen molar-refractivity contribution in [2.24, 2.45) is 0 Å². The minimum absolute atomic E-state index is 0.379. The van der Waals surface area contributed by atoms with Crippen molar-refractivity contribution in [2.45, 2.75) is 38.5 Å². The zero-order chi connectivity index (χ0) is 17.1. The zero-order valence-corrected chi connectivity index (χ0v) is 14.1. The number of esters is 1. The van der Waals surface area contributed by atoms with E-state index in [1.54, 1.807) is 0 Å². The van der Waals surface area contributed by atoms with Crippen molar-refractivity contribution in [1.82, 2.24) is 14.7 Å². The maximum Gasteiger partial charge on any atom is 0.325 e. The number of ether oxygens (including phenoxy) is 1. The van der Waals surface area contributed by atoms with Crippen LogP contribution < -0.4 is 0 Å². The Morgan fingerprint density at radius 3 is 2.83 bits per heavy atom. The Hall–Kier alpha value is -2.18. The van der Waals surface area contributed by atoms with Crippen molar-refractivity contribution in [3.8, 4) is 5.69 Å². The van der Waals surface area contributed by atoms with E-state index in [4.69, 9.17) is 4.74 Å². The minimum Gasteiger partial charge on any atom is -0.468 e. The second kappa shape index (κ2) is 7.15. The number of hydrogen-bond acceptors (Lipinski definition) is 5. The second-order valence-electron chi connectivity index (χ2n) is 6.17. The molecule has 1 aromatic carbocycles. The molecule has 0 radical (unpaired) electrons. The van der Waals surface area contributed by atoms with Crippen LogP contribution in [-0.2, 0) is 16.1 Å².